The molecule has 2 rings (SSSR count). The van der Waals surface area contributed by atoms with E-state index >= 15 is 0 Å². The highest BCUT2D eigenvalue weighted by molar-refractivity contribution is 9.10. The van der Waals surface area contributed by atoms with Gasteiger partial charge >= 0.3 is 0 Å². The first-order valence-corrected chi connectivity index (χ1v) is 6.60. The Hall–Kier alpha value is -0.190. The largest absolute Gasteiger partial charge is 0.378 e. The average molecular weight is 306 g/mol. The summed E-state index contributed by atoms with van der Waals surface area (Å²) in [5, 5.41) is 0.490. The van der Waals surface area contributed by atoms with Gasteiger partial charge in [-0.15, -0.1) is 0 Å². The third-order valence-electron chi connectivity index (χ3n) is 2.90. The summed E-state index contributed by atoms with van der Waals surface area (Å²) in [5.41, 5.74) is 0.837. The van der Waals surface area contributed by atoms with Crippen molar-refractivity contribution in [2.24, 2.45) is 0 Å². The van der Waals surface area contributed by atoms with Crippen LogP contribution in [0.4, 0.5) is 0 Å². The van der Waals surface area contributed by atoms with E-state index in [0.717, 1.165) is 16.0 Å². The van der Waals surface area contributed by atoms with Gasteiger partial charge in [0.05, 0.1) is 16.8 Å². The van der Waals surface area contributed by atoms with Gasteiger partial charge in [-0.1, -0.05) is 24.4 Å². The van der Waals surface area contributed by atoms with Crippen molar-refractivity contribution in [3.8, 4) is 0 Å². The Labute approximate surface area is 109 Å². The first kappa shape index (κ1) is 12.3. The number of aromatic nitrogens is 2. The molecule has 1 aliphatic rings. The molecule has 1 fully saturated rings. The van der Waals surface area contributed by atoms with E-state index in [4.69, 9.17) is 16.3 Å². The highest BCUT2D eigenvalue weighted by Crippen LogP contribution is 2.34. The fourth-order valence-electron chi connectivity index (χ4n) is 2.08. The van der Waals surface area contributed by atoms with Gasteiger partial charge in [-0.2, -0.15) is 0 Å². The van der Waals surface area contributed by atoms with Crippen LogP contribution in [-0.4, -0.2) is 17.1 Å². The second-order valence-electron chi connectivity index (χ2n) is 4.05. The molecule has 88 valence electrons. The Kier molecular flexibility index (Phi) is 4.16. The highest BCUT2D eigenvalue weighted by Gasteiger charge is 2.22. The van der Waals surface area contributed by atoms with Gasteiger partial charge in [-0.3, -0.25) is 0 Å². The first-order valence-electron chi connectivity index (χ1n) is 5.43. The van der Waals surface area contributed by atoms with Crippen LogP contribution in [0.15, 0.2) is 4.47 Å². The van der Waals surface area contributed by atoms with Gasteiger partial charge in [0.1, 0.15) is 11.0 Å². The molecule has 1 aromatic rings. The van der Waals surface area contributed by atoms with Gasteiger partial charge in [0.25, 0.3) is 0 Å². The molecule has 0 radical (unpaired) electrons. The molecule has 0 N–H and O–H groups in total. The predicted octanol–water partition coefficient (Wildman–Crippen LogP) is 3.70. The van der Waals surface area contributed by atoms with Crippen LogP contribution in [0.3, 0.4) is 0 Å². The Morgan fingerprint density at radius 1 is 1.38 bits per heavy atom. The van der Waals surface area contributed by atoms with E-state index in [9.17, 15) is 0 Å². The molecule has 0 aromatic carbocycles. The predicted molar refractivity (Wildman–Crippen MR) is 66.7 cm³/mol. The zero-order chi connectivity index (χ0) is 11.5. The first-order chi connectivity index (χ1) is 7.72. The monoisotopic (exact) mass is 304 g/mol. The van der Waals surface area contributed by atoms with Gasteiger partial charge < -0.3 is 4.74 Å². The molecular formula is C11H14BrClN2O. The maximum atomic E-state index is 6.08. The number of halogens is 2. The van der Waals surface area contributed by atoms with Crippen LogP contribution in [0.2, 0.25) is 5.15 Å². The van der Waals surface area contributed by atoms with Gasteiger partial charge in [-0.25, -0.2) is 9.97 Å². The highest BCUT2D eigenvalue weighted by atomic mass is 79.9. The fraction of sp³-hybridized carbons (Fsp3) is 0.636. The second-order valence-corrected chi connectivity index (χ2v) is 5.20. The normalized spacial score (nSPS) is 16.9. The van der Waals surface area contributed by atoms with E-state index in [1.165, 1.54) is 25.7 Å². The zero-order valence-electron chi connectivity index (χ0n) is 9.17. The van der Waals surface area contributed by atoms with Gasteiger partial charge in [0.15, 0.2) is 0 Å². The molecule has 0 amide bonds. The number of hydrogen-bond donors (Lipinski definition) is 0. The molecular weight excluding hydrogens is 291 g/mol. The maximum absolute atomic E-state index is 6.08. The van der Waals surface area contributed by atoms with Crippen molar-refractivity contribution in [2.45, 2.75) is 38.2 Å². The Morgan fingerprint density at radius 3 is 2.69 bits per heavy atom. The lowest BCUT2D eigenvalue weighted by Crippen LogP contribution is -2.06. The second kappa shape index (κ2) is 5.43. The van der Waals surface area contributed by atoms with Crippen LogP contribution in [0.1, 0.15) is 43.1 Å². The number of nitrogens with zero attached hydrogens (tertiary/aromatic N) is 2. The molecule has 0 bridgehead atoms. The van der Waals surface area contributed by atoms with E-state index < -0.39 is 0 Å². The molecule has 0 spiro atoms. The van der Waals surface area contributed by atoms with Crippen LogP contribution >= 0.6 is 27.5 Å². The smallest absolute Gasteiger partial charge is 0.147 e. The van der Waals surface area contributed by atoms with E-state index in [-0.39, 0.29) is 0 Å². The fourth-order valence-corrected chi connectivity index (χ4v) is 2.57. The zero-order valence-corrected chi connectivity index (χ0v) is 11.5. The lowest BCUT2D eigenvalue weighted by molar-refractivity contribution is 0.180. The number of ether oxygens (including phenoxy) is 1. The quantitative estimate of drug-likeness (QED) is 0.799. The van der Waals surface area contributed by atoms with E-state index in [2.05, 4.69) is 25.9 Å². The van der Waals surface area contributed by atoms with Crippen LogP contribution in [0, 0.1) is 0 Å². The molecule has 0 unspecified atom stereocenters. The Balaban J connectivity index is 2.31. The molecule has 0 atom stereocenters. The third-order valence-corrected chi connectivity index (χ3v) is 4.23. The SMILES string of the molecule is COCc1nc(C2CCCC2)nc(Cl)c1Br. The average Bonchev–Trinajstić information content (AvgIpc) is 2.78. The van der Waals surface area contributed by atoms with E-state index in [0.29, 0.717) is 17.7 Å². The minimum atomic E-state index is 0.461. The Morgan fingerprint density at radius 2 is 2.06 bits per heavy atom. The number of hydrogen-bond acceptors (Lipinski definition) is 3. The van der Waals surface area contributed by atoms with Crippen LogP contribution in [-0.2, 0) is 11.3 Å². The number of methoxy groups -OCH3 is 1. The molecule has 0 aliphatic heterocycles. The third kappa shape index (κ3) is 2.55. The van der Waals surface area contributed by atoms with Crippen molar-refractivity contribution in [2.75, 3.05) is 7.11 Å². The standard InChI is InChI=1S/C11H14BrClN2O/c1-16-6-8-9(12)10(13)15-11(14-8)7-4-2-3-5-7/h7H,2-6H2,1H3. The molecule has 16 heavy (non-hydrogen) atoms. The summed E-state index contributed by atoms with van der Waals surface area (Å²) in [7, 11) is 1.65. The lowest BCUT2D eigenvalue weighted by atomic mass is 10.1. The topological polar surface area (TPSA) is 35.0 Å². The minimum Gasteiger partial charge on any atom is -0.378 e. The summed E-state index contributed by atoms with van der Waals surface area (Å²) in [6, 6.07) is 0. The Bertz CT molecular complexity index is 380. The summed E-state index contributed by atoms with van der Waals surface area (Å²) in [5.74, 6) is 1.35. The minimum absolute atomic E-state index is 0.461. The van der Waals surface area contributed by atoms with Crippen molar-refractivity contribution in [3.05, 3.63) is 21.1 Å². The molecule has 3 nitrogen and oxygen atoms in total. The van der Waals surface area contributed by atoms with Gasteiger partial charge in [-0.05, 0) is 28.8 Å². The van der Waals surface area contributed by atoms with Crippen molar-refractivity contribution in [1.82, 2.24) is 9.97 Å². The van der Waals surface area contributed by atoms with Crippen molar-refractivity contribution < 1.29 is 4.74 Å². The van der Waals surface area contributed by atoms with Crippen LogP contribution in [0.25, 0.3) is 0 Å². The van der Waals surface area contributed by atoms with Crippen LogP contribution in [0.5, 0.6) is 0 Å². The molecule has 1 heterocycles. The summed E-state index contributed by atoms with van der Waals surface area (Å²) >= 11 is 9.47. The summed E-state index contributed by atoms with van der Waals surface area (Å²) in [6.45, 7) is 0.461. The van der Waals surface area contributed by atoms with Crippen molar-refractivity contribution in [1.29, 1.82) is 0 Å². The van der Waals surface area contributed by atoms with Gasteiger partial charge in [0, 0.05) is 13.0 Å². The lowest BCUT2D eigenvalue weighted by Gasteiger charge is -2.11. The van der Waals surface area contributed by atoms with Crippen molar-refractivity contribution in [3.63, 3.8) is 0 Å². The van der Waals surface area contributed by atoms with E-state index in [1.807, 2.05) is 0 Å². The summed E-state index contributed by atoms with van der Waals surface area (Å²) in [6.07, 6.45) is 4.87. The molecule has 5 heteroatoms. The molecule has 1 saturated carbocycles. The molecule has 0 saturated heterocycles. The number of rotatable bonds is 3. The molecule has 1 aromatic heterocycles. The summed E-state index contributed by atoms with van der Waals surface area (Å²) in [4.78, 5) is 8.89. The van der Waals surface area contributed by atoms with E-state index in [1.54, 1.807) is 7.11 Å². The van der Waals surface area contributed by atoms with Gasteiger partial charge in [0.2, 0.25) is 0 Å². The van der Waals surface area contributed by atoms with Crippen molar-refractivity contribution >= 4 is 27.5 Å². The summed E-state index contributed by atoms with van der Waals surface area (Å²) < 4.78 is 5.85. The molecule has 1 aliphatic carbocycles. The maximum Gasteiger partial charge on any atom is 0.147 e. The van der Waals surface area contributed by atoms with Crippen LogP contribution < -0.4 is 0 Å².